The number of benzene rings is 2. The van der Waals surface area contributed by atoms with Crippen molar-refractivity contribution in [2.45, 2.75) is 71.3 Å². The zero-order valence-electron chi connectivity index (χ0n) is 20.2. The third-order valence-electron chi connectivity index (χ3n) is 6.19. The first-order valence-electron chi connectivity index (χ1n) is 12.1. The van der Waals surface area contributed by atoms with Crippen LogP contribution >= 0.6 is 0 Å². The number of hydrogen-bond donors (Lipinski definition) is 2. The van der Waals surface area contributed by atoms with Crippen molar-refractivity contribution in [1.82, 2.24) is 10.1 Å². The highest BCUT2D eigenvalue weighted by molar-refractivity contribution is 7.89. The quantitative estimate of drug-likeness (QED) is 0.458. The van der Waals surface area contributed by atoms with Gasteiger partial charge in [-0.3, -0.25) is 15.0 Å². The summed E-state index contributed by atoms with van der Waals surface area (Å²) < 4.78 is 27.4. The topological polar surface area (TPSA) is 95.6 Å². The third kappa shape index (κ3) is 6.24. The number of unbranched alkanes of at least 4 members (excludes halogenated alkanes) is 5. The van der Waals surface area contributed by atoms with E-state index >= 15 is 0 Å². The average Bonchev–Trinajstić information content (AvgIpc) is 2.91. The molecule has 0 spiro atoms. The molecule has 0 radical (unpaired) electrons. The Labute approximate surface area is 203 Å². The Bertz CT molecular complexity index is 1120. The number of carbonyl (C=O) groups excluding carboxylic acids is 2. The van der Waals surface area contributed by atoms with Crippen molar-refractivity contribution in [1.29, 1.82) is 0 Å². The highest BCUT2D eigenvalue weighted by Gasteiger charge is 2.33. The van der Waals surface area contributed by atoms with Crippen molar-refractivity contribution in [3.63, 3.8) is 0 Å². The lowest BCUT2D eigenvalue weighted by atomic mass is 9.92. The fourth-order valence-electron chi connectivity index (χ4n) is 4.24. The zero-order chi connectivity index (χ0) is 24.7. The summed E-state index contributed by atoms with van der Waals surface area (Å²) in [5.74, 6) is -1.38. The van der Waals surface area contributed by atoms with Crippen LogP contribution in [0, 0.1) is 0 Å². The summed E-state index contributed by atoms with van der Waals surface area (Å²) >= 11 is 0. The van der Waals surface area contributed by atoms with Crippen molar-refractivity contribution in [3.05, 3.63) is 54.1 Å². The van der Waals surface area contributed by atoms with E-state index in [1.165, 1.54) is 11.9 Å². The van der Waals surface area contributed by atoms with Gasteiger partial charge in [0.2, 0.25) is 10.0 Å². The van der Waals surface area contributed by atoms with E-state index in [1.54, 1.807) is 19.1 Å². The molecule has 2 amide bonds. The Kier molecular flexibility index (Phi) is 8.85. The molecule has 1 heterocycles. The number of fused-ring (bicyclic) bond motifs is 3. The van der Waals surface area contributed by atoms with E-state index in [0.717, 1.165) is 48.8 Å². The van der Waals surface area contributed by atoms with Gasteiger partial charge in [0.15, 0.2) is 0 Å². The van der Waals surface area contributed by atoms with Crippen molar-refractivity contribution in [2.75, 3.05) is 10.8 Å². The Balaban J connectivity index is 1.70. The molecule has 7 nitrogen and oxygen atoms in total. The van der Waals surface area contributed by atoms with Crippen LogP contribution in [0.25, 0.3) is 11.1 Å². The number of hydrazine groups is 1. The Morgan fingerprint density at radius 3 is 2.32 bits per heavy atom. The molecule has 0 saturated carbocycles. The average molecular weight is 486 g/mol. The molecule has 8 heteroatoms. The summed E-state index contributed by atoms with van der Waals surface area (Å²) in [7, 11) is -3.61. The second kappa shape index (κ2) is 11.6. The van der Waals surface area contributed by atoms with E-state index in [4.69, 9.17) is 0 Å². The van der Waals surface area contributed by atoms with Crippen LogP contribution in [0.2, 0.25) is 0 Å². The van der Waals surface area contributed by atoms with Crippen molar-refractivity contribution in [3.8, 4) is 11.1 Å². The molecule has 0 aromatic heterocycles. The maximum atomic E-state index is 13.3. The van der Waals surface area contributed by atoms with E-state index in [0.29, 0.717) is 12.1 Å². The lowest BCUT2D eigenvalue weighted by Gasteiger charge is -2.26. The van der Waals surface area contributed by atoms with Gasteiger partial charge in [0.1, 0.15) is 0 Å². The maximum absolute atomic E-state index is 13.3. The predicted molar refractivity (Wildman–Crippen MR) is 136 cm³/mol. The minimum atomic E-state index is -3.61. The summed E-state index contributed by atoms with van der Waals surface area (Å²) in [5, 5.41) is 1.25. The standard InChI is InChI=1S/C26H35N3O4S/c1-4-5-6-7-8-13-18-34(32,33)28-20(3)25(30)27-29-24-17-12-11-16-23(24)22-15-10-9-14-21(22)19(2)26(29)31/h9-12,14-17,19-20,28H,4-8,13,18H2,1-3H3,(H,27,30)/t19?,20-/m0/s1. The molecular formula is C26H35N3O4S. The minimum absolute atomic E-state index is 0.0193. The van der Waals surface area contributed by atoms with Crippen molar-refractivity contribution in [2.24, 2.45) is 0 Å². The van der Waals surface area contributed by atoms with Gasteiger partial charge in [-0.2, -0.15) is 0 Å². The molecule has 2 aromatic rings. The molecule has 3 rings (SSSR count). The molecule has 1 aliphatic heterocycles. The van der Waals surface area contributed by atoms with E-state index in [2.05, 4.69) is 17.1 Å². The van der Waals surface area contributed by atoms with Gasteiger partial charge in [-0.25, -0.2) is 18.1 Å². The van der Waals surface area contributed by atoms with Gasteiger partial charge in [-0.05, 0) is 37.5 Å². The van der Waals surface area contributed by atoms with Gasteiger partial charge in [0.05, 0.1) is 23.4 Å². The number of nitrogens with one attached hydrogen (secondary N) is 2. The van der Waals surface area contributed by atoms with Crippen LogP contribution < -0.4 is 15.2 Å². The molecule has 2 N–H and O–H groups in total. The number of hydrogen-bond acceptors (Lipinski definition) is 4. The number of carbonyl (C=O) groups is 2. The fraction of sp³-hybridized carbons (Fsp3) is 0.462. The van der Waals surface area contributed by atoms with Gasteiger partial charge >= 0.3 is 0 Å². The van der Waals surface area contributed by atoms with Crippen LogP contribution in [0.5, 0.6) is 0 Å². The summed E-state index contributed by atoms with van der Waals surface area (Å²) in [6, 6.07) is 14.0. The summed E-state index contributed by atoms with van der Waals surface area (Å²) in [6.45, 7) is 5.43. The Hall–Kier alpha value is -2.71. The number of anilines is 1. The second-order valence-corrected chi connectivity index (χ2v) is 10.8. The van der Waals surface area contributed by atoms with Crippen LogP contribution in [0.3, 0.4) is 0 Å². The fourth-order valence-corrected chi connectivity index (χ4v) is 5.59. The van der Waals surface area contributed by atoms with Gasteiger partial charge in [0.25, 0.3) is 11.8 Å². The van der Waals surface area contributed by atoms with Gasteiger partial charge in [-0.15, -0.1) is 0 Å². The van der Waals surface area contributed by atoms with Crippen LogP contribution in [-0.4, -0.2) is 32.0 Å². The number of amides is 2. The second-order valence-electron chi connectivity index (χ2n) is 8.90. The van der Waals surface area contributed by atoms with E-state index in [9.17, 15) is 18.0 Å². The van der Waals surface area contributed by atoms with Crippen LogP contribution in [0.4, 0.5) is 5.69 Å². The molecular weight excluding hydrogens is 450 g/mol. The van der Waals surface area contributed by atoms with E-state index in [-0.39, 0.29) is 11.7 Å². The van der Waals surface area contributed by atoms with Crippen LogP contribution in [0.1, 0.15) is 70.8 Å². The number of sulfonamides is 1. The molecule has 0 fully saturated rings. The lowest BCUT2D eigenvalue weighted by Crippen LogP contribution is -2.54. The first-order valence-corrected chi connectivity index (χ1v) is 13.7. The first-order chi connectivity index (χ1) is 16.2. The molecule has 2 aromatic carbocycles. The number of rotatable bonds is 11. The summed E-state index contributed by atoms with van der Waals surface area (Å²) in [5.41, 5.74) is 5.86. The SMILES string of the molecule is CCCCCCCCS(=O)(=O)N[C@@H](C)C(=O)NN1C(=O)C(C)c2ccccc2-c2ccccc21. The van der Waals surface area contributed by atoms with E-state index < -0.39 is 27.9 Å². The van der Waals surface area contributed by atoms with Crippen LogP contribution in [-0.2, 0) is 19.6 Å². The predicted octanol–water partition coefficient (Wildman–Crippen LogP) is 4.50. The van der Waals surface area contributed by atoms with Crippen LogP contribution in [0.15, 0.2) is 48.5 Å². The highest BCUT2D eigenvalue weighted by atomic mass is 32.2. The third-order valence-corrected chi connectivity index (χ3v) is 7.73. The van der Waals surface area contributed by atoms with E-state index in [1.807, 2.05) is 36.4 Å². The van der Waals surface area contributed by atoms with Gasteiger partial charge in [-0.1, -0.05) is 81.5 Å². The summed E-state index contributed by atoms with van der Waals surface area (Å²) in [6.07, 6.45) is 5.82. The Morgan fingerprint density at radius 2 is 1.59 bits per heavy atom. The molecule has 34 heavy (non-hydrogen) atoms. The smallest absolute Gasteiger partial charge is 0.256 e. The van der Waals surface area contributed by atoms with Gasteiger partial charge in [0, 0.05) is 5.56 Å². The molecule has 1 aliphatic rings. The number of nitrogens with zero attached hydrogens (tertiary/aromatic N) is 1. The molecule has 0 saturated heterocycles. The first kappa shape index (κ1) is 25.9. The lowest BCUT2D eigenvalue weighted by molar-refractivity contribution is -0.127. The molecule has 1 unspecified atom stereocenters. The van der Waals surface area contributed by atoms with Crippen molar-refractivity contribution < 1.29 is 18.0 Å². The molecule has 184 valence electrons. The maximum Gasteiger partial charge on any atom is 0.256 e. The highest BCUT2D eigenvalue weighted by Crippen LogP contribution is 2.39. The minimum Gasteiger partial charge on any atom is -0.272 e. The number of para-hydroxylation sites is 1. The van der Waals surface area contributed by atoms with Gasteiger partial charge < -0.3 is 0 Å². The largest absolute Gasteiger partial charge is 0.272 e. The zero-order valence-corrected chi connectivity index (χ0v) is 21.0. The Morgan fingerprint density at radius 1 is 0.971 bits per heavy atom. The summed E-state index contributed by atoms with van der Waals surface area (Å²) in [4.78, 5) is 26.3. The normalized spacial score (nSPS) is 16.4. The molecule has 0 aliphatic carbocycles. The molecule has 2 atom stereocenters. The monoisotopic (exact) mass is 485 g/mol. The molecule has 0 bridgehead atoms. The van der Waals surface area contributed by atoms with Crippen molar-refractivity contribution >= 4 is 27.5 Å².